The Morgan fingerprint density at radius 3 is 1.30 bits per heavy atom. The Balaban J connectivity index is 1.47. The predicted octanol–water partition coefficient (Wildman–Crippen LogP) is 7.00. The summed E-state index contributed by atoms with van der Waals surface area (Å²) in [6, 6.07) is 49.7. The van der Waals surface area contributed by atoms with Crippen molar-refractivity contribution in [3.8, 4) is 11.5 Å². The number of amides is 1. The summed E-state index contributed by atoms with van der Waals surface area (Å²) < 4.78 is 30.7. The van der Waals surface area contributed by atoms with Gasteiger partial charge in [-0.15, -0.1) is 0 Å². The number of rotatable bonds is 13. The number of carbonyl (C=O) groups excluding carboxylic acids is 1. The number of carbonyl (C=O) groups is 1. The van der Waals surface area contributed by atoms with Crippen LogP contribution in [-0.4, -0.2) is 25.0 Å². The molecular formula is C37H38GeNO4P. The van der Waals surface area contributed by atoms with E-state index in [2.05, 4.69) is 78.1 Å². The number of benzene rings is 5. The monoisotopic (exact) mass is 665 g/mol. The second-order valence-electron chi connectivity index (χ2n) is 11.1. The molecule has 0 aliphatic carbocycles. The average molecular weight is 664 g/mol. The van der Waals surface area contributed by atoms with Gasteiger partial charge < -0.3 is 0 Å². The molecule has 5 aromatic carbocycles. The number of hydrogen-bond donors (Lipinski definition) is 1. The zero-order valence-electron chi connectivity index (χ0n) is 25.1. The third kappa shape index (κ3) is 7.35. The maximum absolute atomic E-state index is 14.6. The van der Waals surface area contributed by atoms with Gasteiger partial charge in [0.2, 0.25) is 0 Å². The molecule has 0 aliphatic rings. The van der Waals surface area contributed by atoms with Crippen molar-refractivity contribution in [2.75, 3.05) is 0 Å². The normalized spacial score (nSPS) is 12.3. The predicted molar refractivity (Wildman–Crippen MR) is 182 cm³/mol. The first-order valence-corrected chi connectivity index (χ1v) is 21.2. The molecule has 1 unspecified atom stereocenters. The van der Waals surface area contributed by atoms with Crippen molar-refractivity contribution in [2.45, 2.75) is 31.3 Å². The van der Waals surface area contributed by atoms with Crippen molar-refractivity contribution in [1.29, 1.82) is 0 Å². The number of nitrogens with one attached hydrogen (secondary N) is 1. The Hall–Kier alpha value is -4.06. The van der Waals surface area contributed by atoms with E-state index in [4.69, 9.17) is 9.05 Å². The van der Waals surface area contributed by atoms with E-state index >= 15 is 0 Å². The Morgan fingerprint density at radius 2 is 0.955 bits per heavy atom. The van der Waals surface area contributed by atoms with Gasteiger partial charge in [0.05, 0.1) is 0 Å². The van der Waals surface area contributed by atoms with Gasteiger partial charge >= 0.3 is 264 Å². The van der Waals surface area contributed by atoms with Crippen molar-refractivity contribution in [3.63, 3.8) is 0 Å². The fourth-order valence-corrected chi connectivity index (χ4v) is 17.7. The molecule has 0 radical (unpaired) electrons. The molecule has 0 aliphatic heterocycles. The van der Waals surface area contributed by atoms with Gasteiger partial charge in [0.1, 0.15) is 0 Å². The van der Waals surface area contributed by atoms with E-state index in [0.717, 1.165) is 0 Å². The van der Waals surface area contributed by atoms with Crippen molar-refractivity contribution in [2.24, 2.45) is 5.92 Å². The molecule has 1 atom stereocenters. The topological polar surface area (TPSA) is 64.6 Å². The second-order valence-corrected chi connectivity index (χ2v) is 21.6. The summed E-state index contributed by atoms with van der Waals surface area (Å²) in [6.45, 7) is 3.83. The Morgan fingerprint density at radius 1 is 0.614 bits per heavy atom. The van der Waals surface area contributed by atoms with Crippen molar-refractivity contribution in [3.05, 3.63) is 152 Å². The molecule has 0 heterocycles. The zero-order chi connectivity index (χ0) is 30.8. The quantitative estimate of drug-likeness (QED) is 0.109. The number of hydrogen-bond acceptors (Lipinski definition) is 4. The van der Waals surface area contributed by atoms with Crippen LogP contribution < -0.4 is 27.6 Å². The molecule has 0 bridgehead atoms. The maximum atomic E-state index is 14.6. The Kier molecular flexibility index (Phi) is 10.4. The standard InChI is InChI=1S/C37H38GeNO4P/c1-30(2)37(44(41,42-34-24-14-6-15-25-34)43-35-26-16-7-17-27-35)39-36(40)28-29-38(31-18-8-3-9-19-31,32-20-10-4-11-21-32)33-22-12-5-13-23-33/h3-27,30,37H,28-29H2,1-2H3,(H,39,40). The molecule has 5 aromatic rings. The van der Waals surface area contributed by atoms with Gasteiger partial charge in [0, 0.05) is 0 Å². The fourth-order valence-electron chi connectivity index (χ4n) is 5.64. The summed E-state index contributed by atoms with van der Waals surface area (Å²) in [6.07, 6.45) is 0.262. The van der Waals surface area contributed by atoms with E-state index in [1.165, 1.54) is 13.2 Å². The molecule has 0 saturated heterocycles. The van der Waals surface area contributed by atoms with Gasteiger partial charge in [0.15, 0.2) is 0 Å². The molecule has 0 spiro atoms. The summed E-state index contributed by atoms with van der Waals surface area (Å²) in [5, 5.41) is 3.78. The summed E-state index contributed by atoms with van der Waals surface area (Å²) in [5.74, 6) is -0.464. The van der Waals surface area contributed by atoms with Crippen LogP contribution in [0, 0.1) is 5.92 Å². The van der Waals surface area contributed by atoms with E-state index in [0.29, 0.717) is 16.8 Å². The minimum atomic E-state index is -3.94. The van der Waals surface area contributed by atoms with E-state index < -0.39 is 26.6 Å². The van der Waals surface area contributed by atoms with Crippen LogP contribution in [0.25, 0.3) is 0 Å². The molecule has 1 N–H and O–H groups in total. The summed E-state index contributed by atoms with van der Waals surface area (Å²) in [5.41, 5.74) is 0. The molecule has 0 fully saturated rings. The van der Waals surface area contributed by atoms with Crippen LogP contribution in [0.3, 0.4) is 0 Å². The summed E-state index contributed by atoms with van der Waals surface area (Å²) in [4.78, 5) is 13.9. The van der Waals surface area contributed by atoms with Gasteiger partial charge in [-0.25, -0.2) is 0 Å². The van der Waals surface area contributed by atoms with Gasteiger partial charge in [-0.1, -0.05) is 0 Å². The van der Waals surface area contributed by atoms with Crippen LogP contribution in [0.4, 0.5) is 0 Å². The van der Waals surface area contributed by atoms with Crippen LogP contribution >= 0.6 is 7.60 Å². The first kappa shape index (κ1) is 31.4. The second kappa shape index (κ2) is 14.6. The van der Waals surface area contributed by atoms with Gasteiger partial charge in [-0.2, -0.15) is 0 Å². The molecule has 0 saturated carbocycles. The molecule has 1 amide bonds. The third-order valence-electron chi connectivity index (χ3n) is 7.76. The van der Waals surface area contributed by atoms with E-state index in [1.54, 1.807) is 24.3 Å². The fraction of sp³-hybridized carbons (Fsp3) is 0.162. The minimum absolute atomic E-state index is 0.185. The van der Waals surface area contributed by atoms with Crippen molar-refractivity contribution >= 4 is 40.0 Å². The molecule has 224 valence electrons. The first-order valence-electron chi connectivity index (χ1n) is 15.0. The molecule has 5 rings (SSSR count). The summed E-state index contributed by atoms with van der Waals surface area (Å²) in [7, 11) is -3.94. The molecular weight excluding hydrogens is 626 g/mol. The van der Waals surface area contributed by atoms with Gasteiger partial charge in [0.25, 0.3) is 0 Å². The van der Waals surface area contributed by atoms with E-state index in [-0.39, 0.29) is 18.2 Å². The van der Waals surface area contributed by atoms with Crippen LogP contribution in [0.15, 0.2) is 152 Å². The van der Waals surface area contributed by atoms with Gasteiger partial charge in [-0.05, 0) is 0 Å². The van der Waals surface area contributed by atoms with Crippen LogP contribution in [0.2, 0.25) is 5.25 Å². The molecule has 5 nitrogen and oxygen atoms in total. The van der Waals surface area contributed by atoms with Crippen molar-refractivity contribution < 1.29 is 18.4 Å². The number of para-hydroxylation sites is 2. The van der Waals surface area contributed by atoms with Crippen LogP contribution in [0.5, 0.6) is 11.5 Å². The average Bonchev–Trinajstić information content (AvgIpc) is 3.06. The van der Waals surface area contributed by atoms with Crippen molar-refractivity contribution in [1.82, 2.24) is 5.32 Å². The molecule has 0 aromatic heterocycles. The molecule has 7 heteroatoms. The van der Waals surface area contributed by atoms with Crippen LogP contribution in [-0.2, 0) is 9.36 Å². The van der Waals surface area contributed by atoms with Gasteiger partial charge in [-0.3, -0.25) is 0 Å². The molecule has 44 heavy (non-hydrogen) atoms. The zero-order valence-corrected chi connectivity index (χ0v) is 28.1. The van der Waals surface area contributed by atoms with E-state index in [1.807, 2.05) is 68.4 Å². The SMILES string of the molecule is CC(C)C(NC(=O)C[CH2][Ge]([c]1ccccc1)([c]1ccccc1)[c]1ccccc1)P(=O)(Oc1ccccc1)Oc1ccccc1. The van der Waals surface area contributed by atoms with E-state index in [9.17, 15) is 9.36 Å². The Labute approximate surface area is 263 Å². The summed E-state index contributed by atoms with van der Waals surface area (Å²) >= 11 is -3.34. The third-order valence-corrected chi connectivity index (χ3v) is 20.5. The first-order chi connectivity index (χ1) is 21.4. The van der Waals surface area contributed by atoms with Crippen LogP contribution in [0.1, 0.15) is 20.3 Å². The Bertz CT molecular complexity index is 1510.